The molecule has 0 fully saturated rings. The van der Waals surface area contributed by atoms with Crippen LogP contribution in [0.4, 0.5) is 17.1 Å². The van der Waals surface area contributed by atoms with Crippen molar-refractivity contribution in [2.45, 2.75) is 0 Å². The number of rotatable bonds is 3. The van der Waals surface area contributed by atoms with E-state index in [1.807, 2.05) is 38.2 Å². The molecule has 0 radical (unpaired) electrons. The zero-order valence-electron chi connectivity index (χ0n) is 10.6. The van der Waals surface area contributed by atoms with Crippen molar-refractivity contribution in [2.75, 3.05) is 31.4 Å². The van der Waals surface area contributed by atoms with Crippen LogP contribution in [-0.4, -0.2) is 26.1 Å². The lowest BCUT2D eigenvalue weighted by Crippen LogP contribution is -2.10. The average molecular weight is 245 g/mol. The maximum Gasteiger partial charge on any atom is 0.277 e. The molecular weight excluding hydrogens is 230 g/mol. The summed E-state index contributed by atoms with van der Waals surface area (Å²) < 4.78 is 0. The summed E-state index contributed by atoms with van der Waals surface area (Å²) in [7, 11) is 5.66. The second kappa shape index (κ2) is 4.52. The van der Waals surface area contributed by atoms with Gasteiger partial charge in [-0.3, -0.25) is 10.1 Å². The molecule has 0 spiro atoms. The Morgan fingerprint density at radius 3 is 2.50 bits per heavy atom. The summed E-state index contributed by atoms with van der Waals surface area (Å²) in [4.78, 5) is 12.7. The maximum absolute atomic E-state index is 11.1. The molecule has 1 N–H and O–H groups in total. The van der Waals surface area contributed by atoms with Crippen molar-refractivity contribution in [3.05, 3.63) is 40.4 Å². The third-order valence-electron chi connectivity index (χ3n) is 2.94. The van der Waals surface area contributed by atoms with Crippen LogP contribution in [-0.2, 0) is 0 Å². The van der Waals surface area contributed by atoms with Gasteiger partial charge in [0.05, 0.1) is 10.3 Å². The highest BCUT2D eigenvalue weighted by Crippen LogP contribution is 2.37. The molecule has 0 saturated carbocycles. The van der Waals surface area contributed by atoms with Crippen LogP contribution in [0.5, 0.6) is 0 Å². The van der Waals surface area contributed by atoms with Crippen LogP contribution < -0.4 is 10.2 Å². The van der Waals surface area contributed by atoms with Gasteiger partial charge in [0.1, 0.15) is 0 Å². The number of nitro groups is 1. The quantitative estimate of drug-likeness (QED) is 0.667. The molecule has 0 aliphatic rings. The van der Waals surface area contributed by atoms with E-state index in [0.717, 1.165) is 16.8 Å². The Morgan fingerprint density at radius 2 is 1.94 bits per heavy atom. The maximum atomic E-state index is 11.1. The summed E-state index contributed by atoms with van der Waals surface area (Å²) in [6.45, 7) is 0. The first kappa shape index (κ1) is 12.2. The first-order valence-electron chi connectivity index (χ1n) is 5.61. The molecule has 2 aromatic rings. The first-order valence-corrected chi connectivity index (χ1v) is 5.61. The van der Waals surface area contributed by atoms with Crippen LogP contribution in [0.2, 0.25) is 0 Å². The Kier molecular flexibility index (Phi) is 3.06. The molecule has 0 bridgehead atoms. The van der Waals surface area contributed by atoms with Gasteiger partial charge in [0.2, 0.25) is 0 Å². The highest BCUT2D eigenvalue weighted by molar-refractivity contribution is 6.07. The minimum absolute atomic E-state index is 0.132. The second-order valence-corrected chi connectivity index (χ2v) is 4.23. The molecule has 2 aromatic carbocycles. The Hall–Kier alpha value is -2.30. The van der Waals surface area contributed by atoms with Crippen LogP contribution in [0.3, 0.4) is 0 Å². The summed E-state index contributed by atoms with van der Waals surface area (Å²) in [6.07, 6.45) is 0. The van der Waals surface area contributed by atoms with E-state index in [1.165, 1.54) is 6.07 Å². The van der Waals surface area contributed by atoms with E-state index in [4.69, 9.17) is 0 Å². The average Bonchev–Trinajstić information content (AvgIpc) is 2.36. The highest BCUT2D eigenvalue weighted by Gasteiger charge is 2.16. The van der Waals surface area contributed by atoms with Crippen LogP contribution in [0, 0.1) is 10.1 Å². The lowest BCUT2D eigenvalue weighted by molar-refractivity contribution is -0.383. The number of nitrogens with one attached hydrogen (secondary N) is 1. The monoisotopic (exact) mass is 245 g/mol. The molecule has 0 aliphatic heterocycles. The zero-order valence-corrected chi connectivity index (χ0v) is 10.6. The van der Waals surface area contributed by atoms with Crippen molar-refractivity contribution in [3.8, 4) is 0 Å². The Morgan fingerprint density at radius 1 is 1.22 bits per heavy atom. The largest absolute Gasteiger partial charge is 0.388 e. The van der Waals surface area contributed by atoms with Crippen LogP contribution in [0.15, 0.2) is 30.3 Å². The molecule has 5 heteroatoms. The summed E-state index contributed by atoms with van der Waals surface area (Å²) in [5.41, 5.74) is 1.98. The highest BCUT2D eigenvalue weighted by atomic mass is 16.6. The molecule has 0 saturated heterocycles. The van der Waals surface area contributed by atoms with Crippen LogP contribution >= 0.6 is 0 Å². The molecule has 0 aromatic heterocycles. The van der Waals surface area contributed by atoms with Gasteiger partial charge in [0.25, 0.3) is 5.69 Å². The van der Waals surface area contributed by atoms with Crippen molar-refractivity contribution in [1.29, 1.82) is 0 Å². The number of hydrogen-bond donors (Lipinski definition) is 1. The topological polar surface area (TPSA) is 58.4 Å². The van der Waals surface area contributed by atoms with Crippen molar-refractivity contribution in [2.24, 2.45) is 0 Å². The molecule has 0 amide bonds. The van der Waals surface area contributed by atoms with Gasteiger partial charge in [-0.15, -0.1) is 0 Å². The zero-order chi connectivity index (χ0) is 13.3. The van der Waals surface area contributed by atoms with E-state index < -0.39 is 0 Å². The van der Waals surface area contributed by atoms with Crippen molar-refractivity contribution < 1.29 is 4.92 Å². The number of anilines is 2. The minimum Gasteiger partial charge on any atom is -0.388 e. The van der Waals surface area contributed by atoms with E-state index in [9.17, 15) is 10.1 Å². The number of nitro benzene ring substituents is 1. The van der Waals surface area contributed by atoms with E-state index in [2.05, 4.69) is 5.32 Å². The third-order valence-corrected chi connectivity index (χ3v) is 2.94. The first-order chi connectivity index (χ1) is 8.56. The lowest BCUT2D eigenvalue weighted by Gasteiger charge is -2.17. The summed E-state index contributed by atoms with van der Waals surface area (Å²) in [5.74, 6) is 0. The number of non-ortho nitro benzene ring substituents is 1. The standard InChI is InChI=1S/C13H15N3O2/c1-14-10-7-8-11(16(17)18)9-5-4-6-12(13(9)10)15(2)3/h4-8,14H,1-3H3. The van der Waals surface area contributed by atoms with Crippen molar-refractivity contribution >= 4 is 27.8 Å². The lowest BCUT2D eigenvalue weighted by atomic mass is 10.0. The van der Waals surface area contributed by atoms with Crippen molar-refractivity contribution in [3.63, 3.8) is 0 Å². The Balaban J connectivity index is 2.90. The number of hydrogen-bond acceptors (Lipinski definition) is 4. The predicted octanol–water partition coefficient (Wildman–Crippen LogP) is 2.86. The van der Waals surface area contributed by atoms with Gasteiger partial charge in [-0.1, -0.05) is 6.07 Å². The SMILES string of the molecule is CNc1ccc([N+](=O)[O-])c2cccc(N(C)C)c12. The van der Waals surface area contributed by atoms with E-state index in [-0.39, 0.29) is 10.6 Å². The fourth-order valence-corrected chi connectivity index (χ4v) is 2.11. The van der Waals surface area contributed by atoms with Gasteiger partial charge < -0.3 is 10.2 Å². The van der Waals surface area contributed by atoms with Crippen LogP contribution in [0.1, 0.15) is 0 Å². The fourth-order valence-electron chi connectivity index (χ4n) is 2.11. The van der Waals surface area contributed by atoms with Gasteiger partial charge >= 0.3 is 0 Å². The molecule has 0 unspecified atom stereocenters. The van der Waals surface area contributed by atoms with E-state index in [1.54, 1.807) is 12.1 Å². The van der Waals surface area contributed by atoms with Gasteiger partial charge in [-0.25, -0.2) is 0 Å². The minimum atomic E-state index is -0.346. The van der Waals surface area contributed by atoms with Gasteiger partial charge in [0, 0.05) is 44.0 Å². The number of nitrogens with zero attached hydrogens (tertiary/aromatic N) is 2. The third kappa shape index (κ3) is 1.84. The van der Waals surface area contributed by atoms with Gasteiger partial charge in [-0.05, 0) is 18.2 Å². The molecule has 18 heavy (non-hydrogen) atoms. The number of fused-ring (bicyclic) bond motifs is 1. The molecule has 94 valence electrons. The van der Waals surface area contributed by atoms with E-state index >= 15 is 0 Å². The van der Waals surface area contributed by atoms with E-state index in [0.29, 0.717) is 5.39 Å². The molecule has 0 atom stereocenters. The normalized spacial score (nSPS) is 10.4. The molecule has 0 aliphatic carbocycles. The predicted molar refractivity (Wildman–Crippen MR) is 74.5 cm³/mol. The Bertz CT molecular complexity index is 608. The summed E-state index contributed by atoms with van der Waals surface area (Å²) in [5, 5.41) is 15.7. The second-order valence-electron chi connectivity index (χ2n) is 4.23. The Labute approximate surface area is 105 Å². The fraction of sp³-hybridized carbons (Fsp3) is 0.231. The molecule has 0 heterocycles. The molecule has 5 nitrogen and oxygen atoms in total. The summed E-state index contributed by atoms with van der Waals surface area (Å²) >= 11 is 0. The van der Waals surface area contributed by atoms with Gasteiger partial charge in [0.15, 0.2) is 0 Å². The smallest absolute Gasteiger partial charge is 0.277 e. The number of benzene rings is 2. The van der Waals surface area contributed by atoms with Crippen LogP contribution in [0.25, 0.3) is 10.8 Å². The molecule has 2 rings (SSSR count). The molecular formula is C13H15N3O2. The van der Waals surface area contributed by atoms with Gasteiger partial charge in [-0.2, -0.15) is 0 Å². The summed E-state index contributed by atoms with van der Waals surface area (Å²) in [6, 6.07) is 8.85. The van der Waals surface area contributed by atoms with Crippen molar-refractivity contribution in [1.82, 2.24) is 0 Å².